The van der Waals surface area contributed by atoms with E-state index in [0.29, 0.717) is 12.8 Å². The van der Waals surface area contributed by atoms with E-state index in [4.69, 9.17) is 0 Å². The number of amides is 1. The minimum absolute atomic E-state index is 0.00529. The van der Waals surface area contributed by atoms with E-state index in [1.807, 2.05) is 6.92 Å². The third kappa shape index (κ3) is 4.11. The topological polar surface area (TPSA) is 101 Å². The normalized spacial score (nSPS) is 18.1. The van der Waals surface area contributed by atoms with Gasteiger partial charge in [0.2, 0.25) is 15.9 Å². The van der Waals surface area contributed by atoms with Crippen molar-refractivity contribution in [2.75, 3.05) is 18.1 Å². The molecule has 3 rings (SSSR count). The number of rotatable bonds is 5. The van der Waals surface area contributed by atoms with Crippen LogP contribution in [-0.4, -0.2) is 45.9 Å². The number of aryl methyl sites for hydroxylation is 1. The quantitative estimate of drug-likeness (QED) is 0.796. The number of nitrogens with zero attached hydrogens (tertiary/aromatic N) is 1. The fraction of sp³-hybridized carbons (Fsp3) is 0.316. The van der Waals surface area contributed by atoms with Crippen LogP contribution in [0, 0.1) is 6.92 Å². The molecule has 0 aromatic heterocycles. The molecule has 2 aromatic carbocycles. The van der Waals surface area contributed by atoms with Gasteiger partial charge < -0.3 is 5.32 Å². The summed E-state index contributed by atoms with van der Waals surface area (Å²) in [6, 6.07) is 11.6. The standard InChI is InChI=1S/C19H22N2O5S2/c1-14-9-11-15(12-10-14)28(25,26)21-13-5-7-17(21)19(22)20-16-6-3-4-8-18(16)27(2,23)24/h3-4,6,8-12,17H,5,7,13H2,1-2H3,(H,20,22). The van der Waals surface area contributed by atoms with E-state index in [0.717, 1.165) is 11.8 Å². The van der Waals surface area contributed by atoms with Crippen LogP contribution in [0.4, 0.5) is 5.69 Å². The van der Waals surface area contributed by atoms with Crippen molar-refractivity contribution in [2.45, 2.75) is 35.6 Å². The van der Waals surface area contributed by atoms with Crippen molar-refractivity contribution in [1.29, 1.82) is 0 Å². The minimum atomic E-state index is -3.83. The average Bonchev–Trinajstić information content (AvgIpc) is 3.12. The Hall–Kier alpha value is -2.23. The van der Waals surface area contributed by atoms with Crippen molar-refractivity contribution in [3.8, 4) is 0 Å². The third-order valence-corrected chi connectivity index (χ3v) is 7.76. The summed E-state index contributed by atoms with van der Waals surface area (Å²) in [7, 11) is -7.36. The lowest BCUT2D eigenvalue weighted by Gasteiger charge is -2.24. The summed E-state index contributed by atoms with van der Waals surface area (Å²) in [6.45, 7) is 2.10. The van der Waals surface area contributed by atoms with Gasteiger partial charge in [-0.1, -0.05) is 29.8 Å². The lowest BCUT2D eigenvalue weighted by molar-refractivity contribution is -0.119. The molecule has 1 N–H and O–H groups in total. The molecule has 1 unspecified atom stereocenters. The highest BCUT2D eigenvalue weighted by atomic mass is 32.2. The van der Waals surface area contributed by atoms with Gasteiger partial charge in [0.25, 0.3) is 0 Å². The molecule has 1 amide bonds. The van der Waals surface area contributed by atoms with E-state index in [2.05, 4.69) is 5.32 Å². The summed E-state index contributed by atoms with van der Waals surface area (Å²) in [5.41, 5.74) is 1.08. The maximum Gasteiger partial charge on any atom is 0.243 e. The molecule has 2 aromatic rings. The number of nitrogens with one attached hydrogen (secondary N) is 1. The first-order valence-electron chi connectivity index (χ1n) is 8.79. The zero-order chi connectivity index (χ0) is 20.5. The van der Waals surface area contributed by atoms with Gasteiger partial charge in [0, 0.05) is 12.8 Å². The molecule has 28 heavy (non-hydrogen) atoms. The maximum atomic E-state index is 13.0. The highest BCUT2D eigenvalue weighted by Crippen LogP contribution is 2.28. The van der Waals surface area contributed by atoms with Crippen molar-refractivity contribution in [3.63, 3.8) is 0 Å². The van der Waals surface area contributed by atoms with Crippen LogP contribution in [0.5, 0.6) is 0 Å². The molecule has 0 radical (unpaired) electrons. The summed E-state index contributed by atoms with van der Waals surface area (Å²) in [5, 5.41) is 2.60. The average molecular weight is 423 g/mol. The Kier molecular flexibility index (Phi) is 5.60. The Balaban J connectivity index is 1.88. The van der Waals surface area contributed by atoms with Crippen molar-refractivity contribution in [2.24, 2.45) is 0 Å². The van der Waals surface area contributed by atoms with Gasteiger partial charge in [-0.3, -0.25) is 4.79 Å². The molecule has 0 saturated carbocycles. The molecule has 9 heteroatoms. The Labute approximate surface area is 165 Å². The molecule has 0 bridgehead atoms. The van der Waals surface area contributed by atoms with Gasteiger partial charge in [-0.05, 0) is 44.0 Å². The second-order valence-corrected chi connectivity index (χ2v) is 10.7. The number of carbonyl (C=O) groups is 1. The van der Waals surface area contributed by atoms with Crippen LogP contribution in [0.25, 0.3) is 0 Å². The number of sulfonamides is 1. The van der Waals surface area contributed by atoms with E-state index in [9.17, 15) is 21.6 Å². The van der Waals surface area contributed by atoms with E-state index in [1.54, 1.807) is 24.3 Å². The summed E-state index contributed by atoms with van der Waals surface area (Å²) in [5.74, 6) is -0.538. The molecule has 1 atom stereocenters. The fourth-order valence-corrected chi connectivity index (χ4v) is 5.75. The van der Waals surface area contributed by atoms with Crippen molar-refractivity contribution >= 4 is 31.5 Å². The van der Waals surface area contributed by atoms with Crippen LogP contribution in [0.2, 0.25) is 0 Å². The van der Waals surface area contributed by atoms with Gasteiger partial charge >= 0.3 is 0 Å². The lowest BCUT2D eigenvalue weighted by atomic mass is 10.2. The number of para-hydroxylation sites is 1. The van der Waals surface area contributed by atoms with Gasteiger partial charge in [-0.2, -0.15) is 4.31 Å². The Morgan fingerprint density at radius 3 is 2.32 bits per heavy atom. The van der Waals surface area contributed by atoms with Gasteiger partial charge in [-0.25, -0.2) is 16.8 Å². The first kappa shape index (κ1) is 20.5. The summed E-state index contributed by atoms with van der Waals surface area (Å²) in [6.07, 6.45) is 1.98. The molecule has 150 valence electrons. The van der Waals surface area contributed by atoms with Crippen LogP contribution in [0.3, 0.4) is 0 Å². The van der Waals surface area contributed by atoms with Crippen LogP contribution in [0.1, 0.15) is 18.4 Å². The molecule has 0 spiro atoms. The third-order valence-electron chi connectivity index (χ3n) is 4.68. The number of hydrogen-bond donors (Lipinski definition) is 1. The Bertz CT molecular complexity index is 1090. The first-order valence-corrected chi connectivity index (χ1v) is 12.1. The van der Waals surface area contributed by atoms with Crippen LogP contribution in [0.15, 0.2) is 58.3 Å². The van der Waals surface area contributed by atoms with Gasteiger partial charge in [0.15, 0.2) is 9.84 Å². The van der Waals surface area contributed by atoms with E-state index in [1.165, 1.54) is 28.6 Å². The largest absolute Gasteiger partial charge is 0.324 e. The van der Waals surface area contributed by atoms with Crippen molar-refractivity contribution in [1.82, 2.24) is 4.31 Å². The predicted molar refractivity (Wildman–Crippen MR) is 106 cm³/mol. The smallest absolute Gasteiger partial charge is 0.243 e. The van der Waals surface area contributed by atoms with Crippen molar-refractivity contribution in [3.05, 3.63) is 54.1 Å². The number of carbonyl (C=O) groups excluding carboxylic acids is 1. The minimum Gasteiger partial charge on any atom is -0.324 e. The predicted octanol–water partition coefficient (Wildman–Crippen LogP) is 2.19. The van der Waals surface area contributed by atoms with Gasteiger partial charge in [0.1, 0.15) is 6.04 Å². The zero-order valence-electron chi connectivity index (χ0n) is 15.6. The molecular formula is C19H22N2O5S2. The SMILES string of the molecule is Cc1ccc(S(=O)(=O)N2CCCC2C(=O)Nc2ccccc2S(C)(=O)=O)cc1. The van der Waals surface area contributed by atoms with Gasteiger partial charge in [-0.15, -0.1) is 0 Å². The zero-order valence-corrected chi connectivity index (χ0v) is 17.3. The molecule has 1 aliphatic heterocycles. The highest BCUT2D eigenvalue weighted by molar-refractivity contribution is 7.91. The Morgan fingerprint density at radius 1 is 1.04 bits per heavy atom. The fourth-order valence-electron chi connectivity index (χ4n) is 3.24. The number of anilines is 1. The maximum absolute atomic E-state index is 13.0. The summed E-state index contributed by atoms with van der Waals surface area (Å²) >= 11 is 0. The second kappa shape index (κ2) is 7.65. The molecular weight excluding hydrogens is 400 g/mol. The van der Waals surface area contributed by atoms with Crippen LogP contribution < -0.4 is 5.32 Å². The molecule has 7 nitrogen and oxygen atoms in total. The summed E-state index contributed by atoms with van der Waals surface area (Å²) < 4.78 is 51.0. The number of sulfone groups is 1. The molecule has 1 saturated heterocycles. The molecule has 1 fully saturated rings. The van der Waals surface area contributed by atoms with Crippen LogP contribution in [-0.2, 0) is 24.7 Å². The molecule has 1 aliphatic rings. The lowest BCUT2D eigenvalue weighted by Crippen LogP contribution is -2.43. The van der Waals surface area contributed by atoms with Crippen molar-refractivity contribution < 1.29 is 21.6 Å². The second-order valence-electron chi connectivity index (χ2n) is 6.84. The first-order chi connectivity index (χ1) is 13.1. The van der Waals surface area contributed by atoms with E-state index < -0.39 is 31.8 Å². The highest BCUT2D eigenvalue weighted by Gasteiger charge is 2.39. The van der Waals surface area contributed by atoms with Gasteiger partial charge in [0.05, 0.1) is 15.5 Å². The van der Waals surface area contributed by atoms with E-state index >= 15 is 0 Å². The number of hydrogen-bond acceptors (Lipinski definition) is 5. The van der Waals surface area contributed by atoms with E-state index in [-0.39, 0.29) is 22.0 Å². The Morgan fingerprint density at radius 2 is 1.68 bits per heavy atom. The monoisotopic (exact) mass is 422 g/mol. The van der Waals surface area contributed by atoms with Crippen LogP contribution >= 0.6 is 0 Å². The molecule has 1 heterocycles. The summed E-state index contributed by atoms with van der Waals surface area (Å²) in [4.78, 5) is 13.0. The number of benzene rings is 2. The molecule has 0 aliphatic carbocycles.